The second-order valence-electron chi connectivity index (χ2n) is 4.58. The first-order valence-corrected chi connectivity index (χ1v) is 6.33. The number of rotatable bonds is 6. The van der Waals surface area contributed by atoms with Crippen LogP contribution in [0.3, 0.4) is 0 Å². The predicted octanol–water partition coefficient (Wildman–Crippen LogP) is 2.47. The van der Waals surface area contributed by atoms with Crippen LogP contribution in [0.25, 0.3) is 0 Å². The number of carboxylic acid groups (broad SMARTS) is 1. The van der Waals surface area contributed by atoms with Gasteiger partial charge in [0.15, 0.2) is 0 Å². The lowest BCUT2D eigenvalue weighted by Gasteiger charge is -2.24. The SMILES string of the molecule is CCCc1cc(C(=O)O)cc(N(C)C(C)CC#N)n1. The minimum atomic E-state index is -0.956. The molecule has 0 aliphatic carbocycles. The first-order valence-electron chi connectivity index (χ1n) is 6.33. The third-order valence-electron chi connectivity index (χ3n) is 3.03. The molecule has 0 spiro atoms. The average Bonchev–Trinajstić information content (AvgIpc) is 2.38. The number of nitrogens with zero attached hydrogens (tertiary/aromatic N) is 3. The number of anilines is 1. The van der Waals surface area contributed by atoms with Gasteiger partial charge in [0.2, 0.25) is 0 Å². The average molecular weight is 261 g/mol. The highest BCUT2D eigenvalue weighted by atomic mass is 16.4. The summed E-state index contributed by atoms with van der Waals surface area (Å²) in [5.41, 5.74) is 1.01. The van der Waals surface area contributed by atoms with E-state index in [1.807, 2.05) is 25.8 Å². The maximum Gasteiger partial charge on any atom is 0.335 e. The molecule has 1 rings (SSSR count). The van der Waals surface area contributed by atoms with E-state index >= 15 is 0 Å². The van der Waals surface area contributed by atoms with Crippen LogP contribution in [-0.2, 0) is 6.42 Å². The summed E-state index contributed by atoms with van der Waals surface area (Å²) >= 11 is 0. The Bertz CT molecular complexity index is 494. The third-order valence-corrected chi connectivity index (χ3v) is 3.03. The lowest BCUT2D eigenvalue weighted by molar-refractivity contribution is 0.0696. The summed E-state index contributed by atoms with van der Waals surface area (Å²) in [6, 6.07) is 5.27. The number of aromatic carboxylic acids is 1. The molecular formula is C14H19N3O2. The molecule has 0 saturated carbocycles. The van der Waals surface area contributed by atoms with Crippen LogP contribution in [0.1, 0.15) is 42.7 Å². The zero-order chi connectivity index (χ0) is 14.4. The van der Waals surface area contributed by atoms with E-state index in [4.69, 9.17) is 10.4 Å². The number of carbonyl (C=O) groups is 1. The molecule has 5 heteroatoms. The Kier molecular flexibility index (Phi) is 5.31. The quantitative estimate of drug-likeness (QED) is 0.851. The van der Waals surface area contributed by atoms with Crippen molar-refractivity contribution in [3.8, 4) is 6.07 Å². The minimum Gasteiger partial charge on any atom is -0.478 e. The van der Waals surface area contributed by atoms with Crippen molar-refractivity contribution in [1.82, 2.24) is 4.98 Å². The standard InChI is InChI=1S/C14H19N3O2/c1-4-5-12-8-11(14(18)19)9-13(16-12)17(3)10(2)6-7-15/h8-10H,4-6H2,1-3H3,(H,18,19). The van der Waals surface area contributed by atoms with Gasteiger partial charge in [0, 0.05) is 18.8 Å². The number of carboxylic acids is 1. The van der Waals surface area contributed by atoms with Crippen molar-refractivity contribution in [1.29, 1.82) is 5.26 Å². The van der Waals surface area contributed by atoms with Crippen LogP contribution >= 0.6 is 0 Å². The predicted molar refractivity (Wildman–Crippen MR) is 73.3 cm³/mol. The molecule has 19 heavy (non-hydrogen) atoms. The van der Waals surface area contributed by atoms with Crippen LogP contribution in [0, 0.1) is 11.3 Å². The Labute approximate surface area is 113 Å². The van der Waals surface area contributed by atoms with Gasteiger partial charge in [-0.05, 0) is 25.5 Å². The zero-order valence-corrected chi connectivity index (χ0v) is 11.6. The van der Waals surface area contributed by atoms with E-state index in [1.165, 1.54) is 0 Å². The molecule has 0 aliphatic rings. The van der Waals surface area contributed by atoms with Crippen LogP contribution in [-0.4, -0.2) is 29.1 Å². The Morgan fingerprint density at radius 2 is 2.26 bits per heavy atom. The molecule has 1 N–H and O–H groups in total. The second-order valence-corrected chi connectivity index (χ2v) is 4.58. The van der Waals surface area contributed by atoms with Crippen molar-refractivity contribution >= 4 is 11.8 Å². The summed E-state index contributed by atoms with van der Waals surface area (Å²) in [5, 5.41) is 17.8. The number of hydrogen-bond acceptors (Lipinski definition) is 4. The molecule has 1 aromatic heterocycles. The first-order chi connectivity index (χ1) is 8.99. The fraction of sp³-hybridized carbons (Fsp3) is 0.500. The minimum absolute atomic E-state index is 0.00368. The van der Waals surface area contributed by atoms with Crippen LogP contribution in [0.5, 0.6) is 0 Å². The molecule has 102 valence electrons. The van der Waals surface area contributed by atoms with Crippen molar-refractivity contribution < 1.29 is 9.90 Å². The second kappa shape index (κ2) is 6.74. The number of aromatic nitrogens is 1. The van der Waals surface area contributed by atoms with Crippen molar-refractivity contribution in [2.45, 2.75) is 39.2 Å². The Morgan fingerprint density at radius 3 is 2.79 bits per heavy atom. The fourth-order valence-electron chi connectivity index (χ4n) is 1.76. The van der Waals surface area contributed by atoms with Crippen LogP contribution in [0.2, 0.25) is 0 Å². The number of nitriles is 1. The summed E-state index contributed by atoms with van der Waals surface area (Å²) < 4.78 is 0. The summed E-state index contributed by atoms with van der Waals surface area (Å²) in [6.45, 7) is 3.94. The molecule has 1 heterocycles. The summed E-state index contributed by atoms with van der Waals surface area (Å²) in [7, 11) is 1.83. The van der Waals surface area contributed by atoms with E-state index in [-0.39, 0.29) is 11.6 Å². The van der Waals surface area contributed by atoms with E-state index in [9.17, 15) is 4.79 Å². The molecule has 0 aliphatic heterocycles. The molecule has 0 bridgehead atoms. The van der Waals surface area contributed by atoms with E-state index in [2.05, 4.69) is 11.1 Å². The molecular weight excluding hydrogens is 242 g/mol. The van der Waals surface area contributed by atoms with Gasteiger partial charge in [-0.2, -0.15) is 5.26 Å². The van der Waals surface area contributed by atoms with Crippen LogP contribution in [0.4, 0.5) is 5.82 Å². The topological polar surface area (TPSA) is 77.2 Å². The van der Waals surface area contributed by atoms with Gasteiger partial charge in [-0.15, -0.1) is 0 Å². The highest BCUT2D eigenvalue weighted by Gasteiger charge is 2.15. The molecule has 0 saturated heterocycles. The molecule has 1 aromatic rings. The molecule has 0 amide bonds. The van der Waals surface area contributed by atoms with Gasteiger partial charge in [-0.25, -0.2) is 9.78 Å². The highest BCUT2D eigenvalue weighted by Crippen LogP contribution is 2.18. The van der Waals surface area contributed by atoms with Crippen molar-refractivity contribution in [2.75, 3.05) is 11.9 Å². The van der Waals surface area contributed by atoms with E-state index in [0.717, 1.165) is 18.5 Å². The maximum absolute atomic E-state index is 11.1. The molecule has 0 aromatic carbocycles. The van der Waals surface area contributed by atoms with Crippen LogP contribution < -0.4 is 4.90 Å². The lowest BCUT2D eigenvalue weighted by Crippen LogP contribution is -2.29. The molecule has 0 radical (unpaired) electrons. The van der Waals surface area contributed by atoms with Crippen molar-refractivity contribution in [3.63, 3.8) is 0 Å². The fourth-order valence-corrected chi connectivity index (χ4v) is 1.76. The first kappa shape index (κ1) is 15.0. The van der Waals surface area contributed by atoms with E-state index in [1.54, 1.807) is 12.1 Å². The smallest absolute Gasteiger partial charge is 0.335 e. The van der Waals surface area contributed by atoms with Crippen LogP contribution in [0.15, 0.2) is 12.1 Å². The molecule has 5 nitrogen and oxygen atoms in total. The number of pyridine rings is 1. The summed E-state index contributed by atoms with van der Waals surface area (Å²) in [5.74, 6) is -0.353. The molecule has 1 unspecified atom stereocenters. The largest absolute Gasteiger partial charge is 0.478 e. The van der Waals surface area contributed by atoms with Gasteiger partial charge < -0.3 is 10.0 Å². The molecule has 1 atom stereocenters. The zero-order valence-electron chi connectivity index (χ0n) is 11.6. The molecule has 0 fully saturated rings. The number of aryl methyl sites for hydroxylation is 1. The lowest BCUT2D eigenvalue weighted by atomic mass is 10.1. The normalized spacial score (nSPS) is 11.7. The van der Waals surface area contributed by atoms with Gasteiger partial charge in [-0.1, -0.05) is 13.3 Å². The summed E-state index contributed by atoms with van der Waals surface area (Å²) in [6.07, 6.45) is 2.03. The van der Waals surface area contributed by atoms with Gasteiger partial charge in [-0.3, -0.25) is 0 Å². The Balaban J connectivity index is 3.12. The number of hydrogen-bond donors (Lipinski definition) is 1. The van der Waals surface area contributed by atoms with Gasteiger partial charge in [0.1, 0.15) is 5.82 Å². The van der Waals surface area contributed by atoms with Gasteiger partial charge in [0.05, 0.1) is 18.1 Å². The van der Waals surface area contributed by atoms with E-state index in [0.29, 0.717) is 12.2 Å². The highest BCUT2D eigenvalue weighted by molar-refractivity contribution is 5.88. The van der Waals surface area contributed by atoms with E-state index < -0.39 is 5.97 Å². The third kappa shape index (κ3) is 3.95. The summed E-state index contributed by atoms with van der Waals surface area (Å²) in [4.78, 5) is 17.4. The van der Waals surface area contributed by atoms with Crippen molar-refractivity contribution in [2.24, 2.45) is 0 Å². The monoisotopic (exact) mass is 261 g/mol. The Hall–Kier alpha value is -2.09. The Morgan fingerprint density at radius 1 is 1.58 bits per heavy atom. The van der Waals surface area contributed by atoms with Gasteiger partial charge >= 0.3 is 5.97 Å². The van der Waals surface area contributed by atoms with Gasteiger partial charge in [0.25, 0.3) is 0 Å². The maximum atomic E-state index is 11.1. The van der Waals surface area contributed by atoms with Crippen molar-refractivity contribution in [3.05, 3.63) is 23.4 Å².